The highest BCUT2D eigenvalue weighted by Gasteiger charge is 2.07. The number of nitrogens with zero attached hydrogens (tertiary/aromatic N) is 1. The van der Waals surface area contributed by atoms with Gasteiger partial charge in [-0.2, -0.15) is 0 Å². The number of hydrogen-bond acceptors (Lipinski definition) is 3. The highest BCUT2D eigenvalue weighted by atomic mass is 16.6. The summed E-state index contributed by atoms with van der Waals surface area (Å²) in [4.78, 5) is 4.49. The van der Waals surface area contributed by atoms with E-state index in [4.69, 9.17) is 0 Å². The molecule has 0 unspecified atom stereocenters. The van der Waals surface area contributed by atoms with E-state index in [0.29, 0.717) is 0 Å². The fourth-order valence-electron chi connectivity index (χ4n) is 0.430. The van der Waals surface area contributed by atoms with Crippen molar-refractivity contribution in [3.63, 3.8) is 0 Å². The van der Waals surface area contributed by atoms with E-state index in [9.17, 15) is 0 Å². The zero-order valence-electron chi connectivity index (χ0n) is 4.27. The maximum atomic E-state index is 4.49. The number of nitrogens with one attached hydrogen (secondary N) is 1. The molecule has 1 fully saturated rings. The summed E-state index contributed by atoms with van der Waals surface area (Å²) in [6.45, 7) is 1.79. The Bertz CT molecular complexity index is 83.7. The molecule has 0 amide bonds. The minimum Gasteiger partial charge on any atom is -0.399 e. The Morgan fingerprint density at radius 1 is 1.71 bits per heavy atom. The SMILES string of the molecule is CON=C1CNC1. The average molecular weight is 100 g/mol. The quantitative estimate of drug-likeness (QED) is 0.454. The van der Waals surface area contributed by atoms with Crippen LogP contribution in [0.4, 0.5) is 0 Å². The third kappa shape index (κ3) is 0.899. The van der Waals surface area contributed by atoms with Gasteiger partial charge in [0.2, 0.25) is 0 Å². The first kappa shape index (κ1) is 4.59. The van der Waals surface area contributed by atoms with Gasteiger partial charge in [0.15, 0.2) is 0 Å². The van der Waals surface area contributed by atoms with E-state index in [0.717, 1.165) is 18.8 Å². The summed E-state index contributed by atoms with van der Waals surface area (Å²) in [6, 6.07) is 0. The largest absolute Gasteiger partial charge is 0.399 e. The van der Waals surface area contributed by atoms with E-state index in [1.165, 1.54) is 0 Å². The molecule has 1 heterocycles. The Balaban J connectivity index is 2.23. The van der Waals surface area contributed by atoms with Crippen LogP contribution in [0.25, 0.3) is 0 Å². The minimum absolute atomic E-state index is 0.897. The van der Waals surface area contributed by atoms with Crippen molar-refractivity contribution in [2.24, 2.45) is 5.16 Å². The Labute approximate surface area is 42.3 Å². The van der Waals surface area contributed by atoms with Crippen molar-refractivity contribution in [2.75, 3.05) is 20.2 Å². The number of rotatable bonds is 1. The zero-order valence-corrected chi connectivity index (χ0v) is 4.27. The van der Waals surface area contributed by atoms with Crippen molar-refractivity contribution in [1.82, 2.24) is 5.32 Å². The molecule has 0 saturated carbocycles. The molecule has 0 atom stereocenters. The van der Waals surface area contributed by atoms with E-state index < -0.39 is 0 Å². The van der Waals surface area contributed by atoms with Crippen LogP contribution in [0.5, 0.6) is 0 Å². The second kappa shape index (κ2) is 1.93. The second-order valence-electron chi connectivity index (χ2n) is 1.44. The maximum Gasteiger partial charge on any atom is 0.106 e. The minimum atomic E-state index is 0.897. The normalized spacial score (nSPS) is 18.1. The van der Waals surface area contributed by atoms with Crippen LogP contribution in [0.15, 0.2) is 5.16 Å². The summed E-state index contributed by atoms with van der Waals surface area (Å²) in [5.74, 6) is 0. The average Bonchev–Trinajstić information content (AvgIpc) is 1.55. The van der Waals surface area contributed by atoms with Crippen molar-refractivity contribution in [1.29, 1.82) is 0 Å². The van der Waals surface area contributed by atoms with Gasteiger partial charge in [-0.3, -0.25) is 0 Å². The standard InChI is InChI=1S/C4H8N2O/c1-7-6-4-2-5-3-4/h5H,2-3H2,1H3. The van der Waals surface area contributed by atoms with E-state index in [-0.39, 0.29) is 0 Å². The van der Waals surface area contributed by atoms with Crippen molar-refractivity contribution >= 4 is 5.71 Å². The van der Waals surface area contributed by atoms with Crippen LogP contribution >= 0.6 is 0 Å². The van der Waals surface area contributed by atoms with Crippen LogP contribution in [0, 0.1) is 0 Å². The monoisotopic (exact) mass is 100 g/mol. The van der Waals surface area contributed by atoms with Gasteiger partial charge in [0.05, 0.1) is 5.71 Å². The Hall–Kier alpha value is -0.570. The van der Waals surface area contributed by atoms with Gasteiger partial charge in [-0.15, -0.1) is 0 Å². The molecule has 3 heteroatoms. The molecule has 0 aliphatic carbocycles. The third-order valence-corrected chi connectivity index (χ3v) is 0.879. The molecule has 1 rings (SSSR count). The Morgan fingerprint density at radius 3 is 2.57 bits per heavy atom. The van der Waals surface area contributed by atoms with Crippen LogP contribution in [-0.2, 0) is 4.84 Å². The fraction of sp³-hybridized carbons (Fsp3) is 0.750. The molecule has 0 spiro atoms. The van der Waals surface area contributed by atoms with Gasteiger partial charge in [-0.1, -0.05) is 5.16 Å². The van der Waals surface area contributed by atoms with Gasteiger partial charge >= 0.3 is 0 Å². The van der Waals surface area contributed by atoms with Crippen molar-refractivity contribution in [2.45, 2.75) is 0 Å². The first-order valence-corrected chi connectivity index (χ1v) is 2.23. The molecule has 1 aliphatic heterocycles. The predicted octanol–water partition coefficient (Wildman–Crippen LogP) is -0.408. The van der Waals surface area contributed by atoms with E-state index in [1.54, 1.807) is 7.11 Å². The van der Waals surface area contributed by atoms with Crippen molar-refractivity contribution in [3.05, 3.63) is 0 Å². The molecule has 1 saturated heterocycles. The van der Waals surface area contributed by atoms with Crippen LogP contribution in [0.1, 0.15) is 0 Å². The molecule has 3 nitrogen and oxygen atoms in total. The summed E-state index contributed by atoms with van der Waals surface area (Å²) in [7, 11) is 1.56. The lowest BCUT2D eigenvalue weighted by molar-refractivity contribution is 0.210. The van der Waals surface area contributed by atoms with Crippen LogP contribution in [0.3, 0.4) is 0 Å². The van der Waals surface area contributed by atoms with Crippen molar-refractivity contribution in [3.8, 4) is 0 Å². The van der Waals surface area contributed by atoms with Crippen LogP contribution in [-0.4, -0.2) is 25.9 Å². The van der Waals surface area contributed by atoms with Gasteiger partial charge < -0.3 is 10.2 Å². The molecule has 0 aromatic heterocycles. The van der Waals surface area contributed by atoms with E-state index in [1.807, 2.05) is 0 Å². The van der Waals surface area contributed by atoms with E-state index in [2.05, 4.69) is 15.3 Å². The summed E-state index contributed by atoms with van der Waals surface area (Å²) < 4.78 is 0. The van der Waals surface area contributed by atoms with Gasteiger partial charge in [-0.25, -0.2) is 0 Å². The molecule has 0 aromatic rings. The first-order chi connectivity index (χ1) is 3.43. The van der Waals surface area contributed by atoms with Crippen molar-refractivity contribution < 1.29 is 4.84 Å². The summed E-state index contributed by atoms with van der Waals surface area (Å²) in [5.41, 5.74) is 1.10. The predicted molar refractivity (Wildman–Crippen MR) is 27.3 cm³/mol. The van der Waals surface area contributed by atoms with Crippen LogP contribution in [0.2, 0.25) is 0 Å². The summed E-state index contributed by atoms with van der Waals surface area (Å²) in [5, 5.41) is 6.72. The molecule has 0 bridgehead atoms. The fourth-order valence-corrected chi connectivity index (χ4v) is 0.430. The lowest BCUT2D eigenvalue weighted by Gasteiger charge is -2.14. The second-order valence-corrected chi connectivity index (χ2v) is 1.44. The first-order valence-electron chi connectivity index (χ1n) is 2.23. The molecular weight excluding hydrogens is 92.1 g/mol. The van der Waals surface area contributed by atoms with Gasteiger partial charge in [-0.05, 0) is 0 Å². The lowest BCUT2D eigenvalue weighted by Crippen LogP contribution is -2.42. The summed E-state index contributed by atoms with van der Waals surface area (Å²) >= 11 is 0. The lowest BCUT2D eigenvalue weighted by atomic mass is 10.2. The zero-order chi connectivity index (χ0) is 5.11. The smallest absolute Gasteiger partial charge is 0.106 e. The van der Waals surface area contributed by atoms with Gasteiger partial charge in [0.25, 0.3) is 0 Å². The third-order valence-electron chi connectivity index (χ3n) is 0.879. The molecule has 0 aromatic carbocycles. The Kier molecular flexibility index (Phi) is 1.26. The highest BCUT2D eigenvalue weighted by molar-refractivity contribution is 5.92. The van der Waals surface area contributed by atoms with Gasteiger partial charge in [0.1, 0.15) is 7.11 Å². The van der Waals surface area contributed by atoms with Gasteiger partial charge in [0, 0.05) is 13.1 Å². The number of oxime groups is 1. The molecule has 7 heavy (non-hydrogen) atoms. The summed E-state index contributed by atoms with van der Waals surface area (Å²) in [6.07, 6.45) is 0. The van der Waals surface area contributed by atoms with E-state index >= 15 is 0 Å². The van der Waals surface area contributed by atoms with Crippen LogP contribution < -0.4 is 5.32 Å². The Morgan fingerprint density at radius 2 is 2.43 bits per heavy atom. The molecular formula is C4H8N2O. The molecule has 0 radical (unpaired) electrons. The molecule has 1 aliphatic rings. The molecule has 1 N–H and O–H groups in total. The molecule has 40 valence electrons. The number of hydrogen-bond donors (Lipinski definition) is 1. The highest BCUT2D eigenvalue weighted by Crippen LogP contribution is 1.84. The topological polar surface area (TPSA) is 33.6 Å². The maximum absolute atomic E-state index is 4.49.